The molecule has 0 aliphatic heterocycles. The highest BCUT2D eigenvalue weighted by Gasteiger charge is 2.03. The van der Waals surface area contributed by atoms with Crippen molar-refractivity contribution in [3.05, 3.63) is 64.9 Å². The first kappa shape index (κ1) is 13.1. The molecule has 100 valence electrons. The summed E-state index contributed by atoms with van der Waals surface area (Å²) in [5.41, 5.74) is 2.15. The van der Waals surface area contributed by atoms with Crippen molar-refractivity contribution in [3.63, 3.8) is 0 Å². The Morgan fingerprint density at radius 3 is 2.60 bits per heavy atom. The van der Waals surface area contributed by atoms with Gasteiger partial charge in [-0.15, -0.1) is 0 Å². The van der Waals surface area contributed by atoms with Gasteiger partial charge in [0.25, 0.3) is 0 Å². The van der Waals surface area contributed by atoms with E-state index in [0.717, 1.165) is 21.8 Å². The highest BCUT2D eigenvalue weighted by molar-refractivity contribution is 9.10. The lowest BCUT2D eigenvalue weighted by Crippen LogP contribution is -2.03. The monoisotopic (exact) mass is 328 g/mol. The van der Waals surface area contributed by atoms with Crippen LogP contribution >= 0.6 is 15.9 Å². The second kappa shape index (κ2) is 6.01. The molecule has 0 aliphatic rings. The van der Waals surface area contributed by atoms with Gasteiger partial charge in [0.1, 0.15) is 6.33 Å². The van der Waals surface area contributed by atoms with E-state index < -0.39 is 0 Å². The number of hydrogen-bond acceptors (Lipinski definition) is 3. The Balaban J connectivity index is 1.69. The van der Waals surface area contributed by atoms with Gasteiger partial charge in [-0.1, -0.05) is 40.2 Å². The van der Waals surface area contributed by atoms with Crippen molar-refractivity contribution in [1.82, 2.24) is 9.97 Å². The fraction of sp³-hybridized carbons (Fsp3) is 0.125. The first-order valence-electron chi connectivity index (χ1n) is 6.40. The first-order chi connectivity index (χ1) is 9.83. The molecule has 1 aromatic heterocycles. The second-order valence-corrected chi connectivity index (χ2v) is 5.34. The number of aromatic nitrogens is 2. The lowest BCUT2D eigenvalue weighted by molar-refractivity contribution is 0.313. The summed E-state index contributed by atoms with van der Waals surface area (Å²) in [5, 5.41) is 0.950. The molecule has 0 saturated heterocycles. The van der Waals surface area contributed by atoms with E-state index in [1.54, 1.807) is 0 Å². The summed E-state index contributed by atoms with van der Waals surface area (Å²) in [4.78, 5) is 8.43. The van der Waals surface area contributed by atoms with Crippen molar-refractivity contribution in [1.29, 1.82) is 0 Å². The normalized spacial score (nSPS) is 10.7. The largest absolute Gasteiger partial charge is 0.477 e. The van der Waals surface area contributed by atoms with Crippen molar-refractivity contribution >= 4 is 26.8 Å². The Bertz CT molecular complexity index is 708. The molecule has 0 radical (unpaired) electrons. The topological polar surface area (TPSA) is 35.0 Å². The van der Waals surface area contributed by atoms with Crippen LogP contribution in [-0.2, 0) is 6.42 Å². The highest BCUT2D eigenvalue weighted by Crippen LogP contribution is 2.20. The third-order valence-corrected chi connectivity index (χ3v) is 3.58. The number of para-hydroxylation sites is 1. The van der Waals surface area contributed by atoms with Crippen LogP contribution < -0.4 is 4.74 Å². The van der Waals surface area contributed by atoms with Crippen molar-refractivity contribution in [2.24, 2.45) is 0 Å². The third-order valence-electron chi connectivity index (χ3n) is 3.05. The van der Waals surface area contributed by atoms with Crippen LogP contribution in [0.5, 0.6) is 5.88 Å². The van der Waals surface area contributed by atoms with Gasteiger partial charge in [0.05, 0.1) is 17.5 Å². The van der Waals surface area contributed by atoms with Crippen molar-refractivity contribution < 1.29 is 4.74 Å². The smallest absolute Gasteiger partial charge is 0.224 e. The van der Waals surface area contributed by atoms with Gasteiger partial charge < -0.3 is 4.74 Å². The maximum atomic E-state index is 5.79. The Hall–Kier alpha value is -1.94. The standard InChI is InChI=1S/C16H13BrN2O/c17-13-7-5-12(6-8-13)9-10-20-16-14-3-1-2-4-15(14)18-11-19-16/h1-8,11H,9-10H2. The van der Waals surface area contributed by atoms with Gasteiger partial charge in [-0.3, -0.25) is 0 Å². The van der Waals surface area contributed by atoms with Gasteiger partial charge in [-0.25, -0.2) is 9.97 Å². The van der Waals surface area contributed by atoms with Crippen LogP contribution in [0.15, 0.2) is 59.3 Å². The molecule has 0 N–H and O–H groups in total. The van der Waals surface area contributed by atoms with E-state index in [2.05, 4.69) is 38.0 Å². The fourth-order valence-electron chi connectivity index (χ4n) is 2.01. The molecule has 3 nitrogen and oxygen atoms in total. The van der Waals surface area contributed by atoms with Crippen molar-refractivity contribution in [2.45, 2.75) is 6.42 Å². The Labute approximate surface area is 125 Å². The molecule has 0 bridgehead atoms. The number of hydrogen-bond donors (Lipinski definition) is 0. The summed E-state index contributed by atoms with van der Waals surface area (Å²) < 4.78 is 6.88. The summed E-state index contributed by atoms with van der Waals surface area (Å²) >= 11 is 3.43. The zero-order valence-electron chi connectivity index (χ0n) is 10.8. The molecule has 3 rings (SSSR count). The Morgan fingerprint density at radius 2 is 1.75 bits per heavy atom. The lowest BCUT2D eigenvalue weighted by Gasteiger charge is -2.07. The number of ether oxygens (including phenoxy) is 1. The maximum absolute atomic E-state index is 5.79. The number of halogens is 1. The summed E-state index contributed by atoms with van der Waals surface area (Å²) in [5.74, 6) is 0.646. The van der Waals surface area contributed by atoms with Crippen LogP contribution in [-0.4, -0.2) is 16.6 Å². The van der Waals surface area contributed by atoms with Gasteiger partial charge in [0.15, 0.2) is 0 Å². The number of benzene rings is 2. The van der Waals surface area contributed by atoms with Crippen LogP contribution in [0.3, 0.4) is 0 Å². The SMILES string of the molecule is Brc1ccc(CCOc2ncnc3ccccc23)cc1. The van der Waals surface area contributed by atoms with Crippen LogP contribution in [0, 0.1) is 0 Å². The molecule has 0 unspecified atom stereocenters. The Kier molecular flexibility index (Phi) is 3.92. The summed E-state index contributed by atoms with van der Waals surface area (Å²) in [6.45, 7) is 0.600. The molecule has 0 spiro atoms. The van der Waals surface area contributed by atoms with Crippen molar-refractivity contribution in [3.8, 4) is 5.88 Å². The summed E-state index contributed by atoms with van der Waals surface area (Å²) in [6.07, 6.45) is 2.39. The quantitative estimate of drug-likeness (QED) is 0.725. The molecular formula is C16H13BrN2O. The maximum Gasteiger partial charge on any atom is 0.224 e. The predicted octanol–water partition coefficient (Wildman–Crippen LogP) is 4.01. The lowest BCUT2D eigenvalue weighted by atomic mass is 10.2. The highest BCUT2D eigenvalue weighted by atomic mass is 79.9. The third kappa shape index (κ3) is 2.96. The average molecular weight is 329 g/mol. The molecule has 0 fully saturated rings. The van der Waals surface area contributed by atoms with E-state index in [9.17, 15) is 0 Å². The summed E-state index contributed by atoms with van der Waals surface area (Å²) in [7, 11) is 0. The predicted molar refractivity (Wildman–Crippen MR) is 82.9 cm³/mol. The van der Waals surface area contributed by atoms with Crippen molar-refractivity contribution in [2.75, 3.05) is 6.61 Å². The zero-order chi connectivity index (χ0) is 13.8. The zero-order valence-corrected chi connectivity index (χ0v) is 12.4. The van der Waals surface area contributed by atoms with E-state index in [-0.39, 0.29) is 0 Å². The molecule has 20 heavy (non-hydrogen) atoms. The van der Waals surface area contributed by atoms with Crippen LogP contribution in [0.25, 0.3) is 10.9 Å². The van der Waals surface area contributed by atoms with E-state index in [1.807, 2.05) is 36.4 Å². The molecule has 2 aromatic carbocycles. The minimum Gasteiger partial charge on any atom is -0.477 e. The van der Waals surface area contributed by atoms with E-state index in [1.165, 1.54) is 11.9 Å². The van der Waals surface area contributed by atoms with E-state index >= 15 is 0 Å². The molecule has 0 aliphatic carbocycles. The molecular weight excluding hydrogens is 316 g/mol. The minimum atomic E-state index is 0.600. The number of rotatable bonds is 4. The summed E-state index contributed by atoms with van der Waals surface area (Å²) in [6, 6.07) is 16.1. The van der Waals surface area contributed by atoms with Gasteiger partial charge in [0, 0.05) is 10.9 Å². The molecule has 0 saturated carbocycles. The van der Waals surface area contributed by atoms with Gasteiger partial charge in [-0.05, 0) is 29.8 Å². The number of fused-ring (bicyclic) bond motifs is 1. The molecule has 0 amide bonds. The average Bonchev–Trinajstić information content (AvgIpc) is 2.49. The van der Waals surface area contributed by atoms with E-state index in [0.29, 0.717) is 12.5 Å². The van der Waals surface area contributed by atoms with Crippen LogP contribution in [0.1, 0.15) is 5.56 Å². The van der Waals surface area contributed by atoms with Gasteiger partial charge >= 0.3 is 0 Å². The van der Waals surface area contributed by atoms with Crippen LogP contribution in [0.4, 0.5) is 0 Å². The van der Waals surface area contributed by atoms with Gasteiger partial charge in [0.2, 0.25) is 5.88 Å². The minimum absolute atomic E-state index is 0.600. The molecule has 0 atom stereocenters. The number of nitrogens with zero attached hydrogens (tertiary/aromatic N) is 2. The first-order valence-corrected chi connectivity index (χ1v) is 7.19. The molecule has 4 heteroatoms. The van der Waals surface area contributed by atoms with E-state index in [4.69, 9.17) is 4.74 Å². The van der Waals surface area contributed by atoms with Gasteiger partial charge in [-0.2, -0.15) is 0 Å². The fourth-order valence-corrected chi connectivity index (χ4v) is 2.28. The molecule has 3 aromatic rings. The second-order valence-electron chi connectivity index (χ2n) is 4.42. The van der Waals surface area contributed by atoms with Crippen LogP contribution in [0.2, 0.25) is 0 Å². The molecule has 1 heterocycles. The Morgan fingerprint density at radius 1 is 0.950 bits per heavy atom.